The van der Waals surface area contributed by atoms with Gasteiger partial charge in [0.15, 0.2) is 0 Å². The van der Waals surface area contributed by atoms with Gasteiger partial charge in [0, 0.05) is 19.0 Å². The Labute approximate surface area is 65.4 Å². The highest BCUT2D eigenvalue weighted by Gasteiger charge is 2.28. The van der Waals surface area contributed by atoms with E-state index >= 15 is 0 Å². The fourth-order valence-electron chi connectivity index (χ4n) is 1.35. The molecular weight excluding hydrogens is 146 g/mol. The number of hydrogen-bond acceptors (Lipinski definition) is 2. The SMILES string of the molecule is CC(O)[C@@H]1CCN(C(=O)O)C1. The molecule has 0 radical (unpaired) electrons. The lowest BCUT2D eigenvalue weighted by atomic mass is 10.0. The maximum atomic E-state index is 10.4. The van der Waals surface area contributed by atoms with E-state index in [2.05, 4.69) is 0 Å². The molecule has 64 valence electrons. The number of likely N-dealkylation sites (tertiary alicyclic amines) is 1. The lowest BCUT2D eigenvalue weighted by Crippen LogP contribution is -2.28. The third-order valence-electron chi connectivity index (χ3n) is 2.18. The fourth-order valence-corrected chi connectivity index (χ4v) is 1.35. The summed E-state index contributed by atoms with van der Waals surface area (Å²) in [5.41, 5.74) is 0. The number of aliphatic hydroxyl groups is 1. The van der Waals surface area contributed by atoms with Crippen LogP contribution < -0.4 is 0 Å². The van der Waals surface area contributed by atoms with Crippen molar-refractivity contribution in [1.29, 1.82) is 0 Å². The van der Waals surface area contributed by atoms with Crippen molar-refractivity contribution >= 4 is 6.09 Å². The minimum Gasteiger partial charge on any atom is -0.465 e. The molecule has 1 rings (SSSR count). The van der Waals surface area contributed by atoms with Crippen LogP contribution in [0, 0.1) is 5.92 Å². The summed E-state index contributed by atoms with van der Waals surface area (Å²) in [4.78, 5) is 11.8. The molecule has 0 aromatic rings. The van der Waals surface area contributed by atoms with E-state index in [9.17, 15) is 4.79 Å². The smallest absolute Gasteiger partial charge is 0.407 e. The van der Waals surface area contributed by atoms with Gasteiger partial charge in [-0.2, -0.15) is 0 Å². The molecule has 0 aromatic heterocycles. The maximum absolute atomic E-state index is 10.4. The zero-order valence-corrected chi connectivity index (χ0v) is 6.53. The Bertz CT molecular complexity index is 158. The van der Waals surface area contributed by atoms with E-state index in [1.807, 2.05) is 0 Å². The van der Waals surface area contributed by atoms with Crippen LogP contribution in [0.3, 0.4) is 0 Å². The molecule has 1 saturated heterocycles. The van der Waals surface area contributed by atoms with E-state index in [1.54, 1.807) is 6.92 Å². The first-order valence-corrected chi connectivity index (χ1v) is 3.77. The highest BCUT2D eigenvalue weighted by Crippen LogP contribution is 2.19. The van der Waals surface area contributed by atoms with Crippen LogP contribution in [-0.4, -0.2) is 40.4 Å². The molecule has 0 aliphatic carbocycles. The number of hydrogen-bond donors (Lipinski definition) is 2. The van der Waals surface area contributed by atoms with Crippen molar-refractivity contribution in [3.8, 4) is 0 Å². The highest BCUT2D eigenvalue weighted by atomic mass is 16.4. The van der Waals surface area contributed by atoms with Crippen molar-refractivity contribution in [2.45, 2.75) is 19.4 Å². The first kappa shape index (κ1) is 8.33. The molecule has 2 atom stereocenters. The minimum atomic E-state index is -0.881. The third-order valence-corrected chi connectivity index (χ3v) is 2.18. The average molecular weight is 159 g/mol. The molecule has 1 aliphatic heterocycles. The topological polar surface area (TPSA) is 60.8 Å². The molecule has 1 amide bonds. The van der Waals surface area contributed by atoms with Crippen LogP contribution in [0.1, 0.15) is 13.3 Å². The second-order valence-electron chi connectivity index (χ2n) is 3.02. The van der Waals surface area contributed by atoms with E-state index in [4.69, 9.17) is 10.2 Å². The summed E-state index contributed by atoms with van der Waals surface area (Å²) in [6, 6.07) is 0. The normalized spacial score (nSPS) is 27.1. The van der Waals surface area contributed by atoms with E-state index in [1.165, 1.54) is 4.90 Å². The number of aliphatic hydroxyl groups excluding tert-OH is 1. The number of amides is 1. The Hall–Kier alpha value is -0.770. The molecule has 2 N–H and O–H groups in total. The van der Waals surface area contributed by atoms with Gasteiger partial charge >= 0.3 is 6.09 Å². The molecule has 0 aromatic carbocycles. The van der Waals surface area contributed by atoms with Gasteiger partial charge in [-0.15, -0.1) is 0 Å². The first-order chi connectivity index (χ1) is 5.11. The van der Waals surface area contributed by atoms with Gasteiger partial charge in [-0.3, -0.25) is 0 Å². The van der Waals surface area contributed by atoms with Gasteiger partial charge < -0.3 is 15.1 Å². The fraction of sp³-hybridized carbons (Fsp3) is 0.857. The van der Waals surface area contributed by atoms with Crippen molar-refractivity contribution in [2.75, 3.05) is 13.1 Å². The summed E-state index contributed by atoms with van der Waals surface area (Å²) in [5.74, 6) is 0.131. The van der Waals surface area contributed by atoms with Crippen LogP contribution in [0.5, 0.6) is 0 Å². The number of rotatable bonds is 1. The molecule has 4 heteroatoms. The van der Waals surface area contributed by atoms with Crippen molar-refractivity contribution in [3.05, 3.63) is 0 Å². The van der Waals surface area contributed by atoms with E-state index in [0.29, 0.717) is 13.1 Å². The molecule has 0 bridgehead atoms. The van der Waals surface area contributed by atoms with Crippen molar-refractivity contribution in [2.24, 2.45) is 5.92 Å². The molecule has 1 unspecified atom stereocenters. The van der Waals surface area contributed by atoms with E-state index < -0.39 is 6.09 Å². The van der Waals surface area contributed by atoms with Crippen molar-refractivity contribution in [3.63, 3.8) is 0 Å². The van der Waals surface area contributed by atoms with Gasteiger partial charge in [-0.1, -0.05) is 0 Å². The zero-order valence-electron chi connectivity index (χ0n) is 6.53. The van der Waals surface area contributed by atoms with Gasteiger partial charge in [0.2, 0.25) is 0 Å². The van der Waals surface area contributed by atoms with Crippen molar-refractivity contribution < 1.29 is 15.0 Å². The maximum Gasteiger partial charge on any atom is 0.407 e. The van der Waals surface area contributed by atoms with Gasteiger partial charge in [-0.05, 0) is 13.3 Å². The Balaban J connectivity index is 2.41. The van der Waals surface area contributed by atoms with Crippen LogP contribution in [0.4, 0.5) is 4.79 Å². The summed E-state index contributed by atoms with van der Waals surface area (Å²) >= 11 is 0. The van der Waals surface area contributed by atoms with Gasteiger partial charge in [0.05, 0.1) is 6.10 Å². The predicted molar refractivity (Wildman–Crippen MR) is 39.4 cm³/mol. The number of nitrogens with zero attached hydrogens (tertiary/aromatic N) is 1. The molecule has 1 aliphatic rings. The summed E-state index contributed by atoms with van der Waals surface area (Å²) in [6.07, 6.45) is -0.489. The second-order valence-corrected chi connectivity index (χ2v) is 3.02. The summed E-state index contributed by atoms with van der Waals surface area (Å²) in [7, 11) is 0. The van der Waals surface area contributed by atoms with Crippen LogP contribution >= 0.6 is 0 Å². The lowest BCUT2D eigenvalue weighted by molar-refractivity contribution is 0.121. The van der Waals surface area contributed by atoms with Gasteiger partial charge in [-0.25, -0.2) is 4.79 Å². The molecule has 0 spiro atoms. The van der Waals surface area contributed by atoms with Crippen LogP contribution in [0.15, 0.2) is 0 Å². The number of carboxylic acid groups (broad SMARTS) is 1. The van der Waals surface area contributed by atoms with Crippen LogP contribution in [0.25, 0.3) is 0 Å². The molecular formula is C7H13NO3. The quantitative estimate of drug-likeness (QED) is 0.581. The second kappa shape index (κ2) is 3.09. The largest absolute Gasteiger partial charge is 0.465 e. The summed E-state index contributed by atoms with van der Waals surface area (Å²) in [5, 5.41) is 17.7. The molecule has 11 heavy (non-hydrogen) atoms. The highest BCUT2D eigenvalue weighted by molar-refractivity contribution is 5.65. The zero-order chi connectivity index (χ0) is 8.43. The minimum absolute atomic E-state index is 0.131. The Morgan fingerprint density at radius 2 is 2.36 bits per heavy atom. The average Bonchev–Trinajstić information content (AvgIpc) is 2.33. The summed E-state index contributed by atoms with van der Waals surface area (Å²) < 4.78 is 0. The number of carbonyl (C=O) groups is 1. The van der Waals surface area contributed by atoms with E-state index in [0.717, 1.165) is 6.42 Å². The first-order valence-electron chi connectivity index (χ1n) is 3.77. The van der Waals surface area contributed by atoms with Crippen LogP contribution in [0.2, 0.25) is 0 Å². The standard InChI is InChI=1S/C7H13NO3/c1-5(9)6-2-3-8(4-6)7(10)11/h5-6,9H,2-4H2,1H3,(H,10,11)/t5?,6-/m1/s1. The van der Waals surface area contributed by atoms with Crippen molar-refractivity contribution in [1.82, 2.24) is 4.90 Å². The molecule has 1 fully saturated rings. The Morgan fingerprint density at radius 1 is 1.73 bits per heavy atom. The van der Waals surface area contributed by atoms with Gasteiger partial charge in [0.25, 0.3) is 0 Å². The van der Waals surface area contributed by atoms with Gasteiger partial charge in [0.1, 0.15) is 0 Å². The lowest BCUT2D eigenvalue weighted by Gasteiger charge is -2.13. The predicted octanol–water partition coefficient (Wildman–Crippen LogP) is 0.367. The molecule has 0 saturated carbocycles. The van der Waals surface area contributed by atoms with Crippen LogP contribution in [-0.2, 0) is 0 Å². The summed E-state index contributed by atoms with van der Waals surface area (Å²) in [6.45, 7) is 2.74. The monoisotopic (exact) mass is 159 g/mol. The third kappa shape index (κ3) is 1.83. The molecule has 1 heterocycles. The van der Waals surface area contributed by atoms with E-state index in [-0.39, 0.29) is 12.0 Å². The Kier molecular flexibility index (Phi) is 2.34. The molecule has 4 nitrogen and oxygen atoms in total. The Morgan fingerprint density at radius 3 is 2.64 bits per heavy atom.